The first-order valence-corrected chi connectivity index (χ1v) is 9.62. The van der Waals surface area contributed by atoms with E-state index < -0.39 is 0 Å². The average molecular weight is 361 g/mol. The molecule has 2 amide bonds. The summed E-state index contributed by atoms with van der Waals surface area (Å²) in [5, 5.41) is 2.81. The largest absolute Gasteiger partial charge is 0.342 e. The molecule has 2 fully saturated rings. The van der Waals surface area contributed by atoms with Crippen LogP contribution < -0.4 is 11.1 Å². The summed E-state index contributed by atoms with van der Waals surface area (Å²) in [7, 11) is 0. The topological polar surface area (TPSA) is 75.4 Å². The average Bonchev–Trinajstić information content (AvgIpc) is 2.64. The predicted molar refractivity (Wildman–Crippen MR) is 98.9 cm³/mol. The van der Waals surface area contributed by atoms with E-state index in [1.54, 1.807) is 12.1 Å². The maximum Gasteiger partial charge on any atom is 0.227 e. The number of nitrogens with one attached hydrogen (secondary N) is 1. The van der Waals surface area contributed by atoms with Gasteiger partial charge in [-0.25, -0.2) is 4.39 Å². The van der Waals surface area contributed by atoms with Crippen molar-refractivity contribution in [3.05, 3.63) is 30.1 Å². The number of nitrogens with two attached hydrogens (primary N) is 1. The minimum absolute atomic E-state index is 0.00420. The van der Waals surface area contributed by atoms with Crippen LogP contribution in [0.15, 0.2) is 24.3 Å². The molecule has 26 heavy (non-hydrogen) atoms. The van der Waals surface area contributed by atoms with Gasteiger partial charge in [0.1, 0.15) is 5.82 Å². The molecule has 1 heterocycles. The van der Waals surface area contributed by atoms with Gasteiger partial charge in [0.15, 0.2) is 0 Å². The molecular weight excluding hydrogens is 333 g/mol. The Morgan fingerprint density at radius 1 is 1.08 bits per heavy atom. The molecule has 1 saturated heterocycles. The predicted octanol–water partition coefficient (Wildman–Crippen LogP) is 2.91. The smallest absolute Gasteiger partial charge is 0.227 e. The van der Waals surface area contributed by atoms with Crippen LogP contribution in [0.1, 0.15) is 44.9 Å². The molecule has 2 atom stereocenters. The van der Waals surface area contributed by atoms with E-state index in [-0.39, 0.29) is 35.5 Å². The SMILES string of the molecule is N[C@@H]1CCCC[C@H]1C(=O)N1CCC(CC(=O)Nc2ccc(F)cc2)CC1. The van der Waals surface area contributed by atoms with Crippen molar-refractivity contribution in [2.24, 2.45) is 17.6 Å². The molecule has 1 aliphatic heterocycles. The second kappa shape index (κ2) is 8.62. The van der Waals surface area contributed by atoms with Gasteiger partial charge in [-0.15, -0.1) is 0 Å². The van der Waals surface area contributed by atoms with Crippen molar-refractivity contribution in [2.75, 3.05) is 18.4 Å². The van der Waals surface area contributed by atoms with Crippen LogP contribution in [0.2, 0.25) is 0 Å². The number of anilines is 1. The Bertz CT molecular complexity index is 626. The minimum Gasteiger partial charge on any atom is -0.342 e. The van der Waals surface area contributed by atoms with Crippen molar-refractivity contribution in [3.63, 3.8) is 0 Å². The van der Waals surface area contributed by atoms with Crippen molar-refractivity contribution in [3.8, 4) is 0 Å². The van der Waals surface area contributed by atoms with Gasteiger partial charge in [-0.1, -0.05) is 12.8 Å². The van der Waals surface area contributed by atoms with Gasteiger partial charge >= 0.3 is 0 Å². The number of hydrogen-bond acceptors (Lipinski definition) is 3. The van der Waals surface area contributed by atoms with Crippen LogP contribution >= 0.6 is 0 Å². The van der Waals surface area contributed by atoms with Gasteiger partial charge in [-0.05, 0) is 55.9 Å². The van der Waals surface area contributed by atoms with E-state index >= 15 is 0 Å². The third-order valence-electron chi connectivity index (χ3n) is 5.66. The van der Waals surface area contributed by atoms with Gasteiger partial charge in [0.2, 0.25) is 11.8 Å². The van der Waals surface area contributed by atoms with Crippen molar-refractivity contribution in [1.82, 2.24) is 4.90 Å². The Balaban J connectivity index is 1.43. The fraction of sp³-hybridized carbons (Fsp3) is 0.600. The third-order valence-corrected chi connectivity index (χ3v) is 5.66. The van der Waals surface area contributed by atoms with E-state index in [1.807, 2.05) is 4.90 Å². The quantitative estimate of drug-likeness (QED) is 0.866. The van der Waals surface area contributed by atoms with E-state index in [2.05, 4.69) is 5.32 Å². The summed E-state index contributed by atoms with van der Waals surface area (Å²) in [5.41, 5.74) is 6.75. The molecule has 3 N–H and O–H groups in total. The summed E-state index contributed by atoms with van der Waals surface area (Å²) in [6.07, 6.45) is 6.16. The Morgan fingerprint density at radius 2 is 1.73 bits per heavy atom. The molecule has 0 unspecified atom stereocenters. The number of carbonyl (C=O) groups excluding carboxylic acids is 2. The highest BCUT2D eigenvalue weighted by Gasteiger charge is 2.33. The number of piperidine rings is 1. The standard InChI is InChI=1S/C20H28FN3O2/c21-15-5-7-16(8-6-15)23-19(25)13-14-9-11-24(12-10-14)20(26)17-3-1-2-4-18(17)22/h5-8,14,17-18H,1-4,9-13,22H2,(H,23,25)/t17-,18-/m1/s1. The molecule has 1 aromatic carbocycles. The van der Waals surface area contributed by atoms with Crippen LogP contribution in [0, 0.1) is 17.7 Å². The Hall–Kier alpha value is -1.95. The summed E-state index contributed by atoms with van der Waals surface area (Å²) in [6.45, 7) is 1.41. The number of amides is 2. The van der Waals surface area contributed by atoms with Crippen molar-refractivity contribution in [2.45, 2.75) is 51.0 Å². The molecule has 0 spiro atoms. The molecule has 2 aliphatic rings. The highest BCUT2D eigenvalue weighted by atomic mass is 19.1. The monoisotopic (exact) mass is 361 g/mol. The number of halogens is 1. The number of nitrogens with zero attached hydrogens (tertiary/aromatic N) is 1. The van der Waals surface area contributed by atoms with Gasteiger partial charge in [0, 0.05) is 31.2 Å². The second-order valence-electron chi connectivity index (χ2n) is 7.58. The Kier molecular flexibility index (Phi) is 6.25. The van der Waals surface area contributed by atoms with Crippen LogP contribution in [0.5, 0.6) is 0 Å². The van der Waals surface area contributed by atoms with Gasteiger partial charge in [-0.2, -0.15) is 0 Å². The van der Waals surface area contributed by atoms with Crippen LogP contribution in [-0.4, -0.2) is 35.8 Å². The van der Waals surface area contributed by atoms with E-state index in [0.29, 0.717) is 25.2 Å². The number of carbonyl (C=O) groups is 2. The first-order valence-electron chi connectivity index (χ1n) is 9.62. The van der Waals surface area contributed by atoms with E-state index in [9.17, 15) is 14.0 Å². The lowest BCUT2D eigenvalue weighted by molar-refractivity contribution is -0.138. The van der Waals surface area contributed by atoms with E-state index in [0.717, 1.165) is 38.5 Å². The molecular formula is C20H28FN3O2. The third kappa shape index (κ3) is 4.81. The van der Waals surface area contributed by atoms with Gasteiger partial charge in [0.05, 0.1) is 5.92 Å². The number of hydrogen-bond donors (Lipinski definition) is 2. The molecule has 142 valence electrons. The fourth-order valence-electron chi connectivity index (χ4n) is 4.07. The zero-order valence-corrected chi connectivity index (χ0v) is 15.1. The van der Waals surface area contributed by atoms with Crippen LogP contribution in [0.25, 0.3) is 0 Å². The van der Waals surface area contributed by atoms with E-state index in [1.165, 1.54) is 12.1 Å². The number of benzene rings is 1. The van der Waals surface area contributed by atoms with Gasteiger partial charge in [-0.3, -0.25) is 9.59 Å². The number of likely N-dealkylation sites (tertiary alicyclic amines) is 1. The summed E-state index contributed by atoms with van der Waals surface area (Å²) in [6, 6.07) is 5.77. The maximum absolute atomic E-state index is 12.9. The van der Waals surface area contributed by atoms with Gasteiger partial charge < -0.3 is 16.0 Å². The van der Waals surface area contributed by atoms with Crippen LogP contribution in [0.4, 0.5) is 10.1 Å². The first kappa shape index (κ1) is 18.8. The fourth-order valence-corrected chi connectivity index (χ4v) is 4.07. The maximum atomic E-state index is 12.9. The summed E-state index contributed by atoms with van der Waals surface area (Å²) in [5.74, 6) is 0.0708. The van der Waals surface area contributed by atoms with Gasteiger partial charge in [0.25, 0.3) is 0 Å². The molecule has 0 radical (unpaired) electrons. The first-order chi connectivity index (χ1) is 12.5. The molecule has 0 aromatic heterocycles. The molecule has 6 heteroatoms. The van der Waals surface area contributed by atoms with Crippen LogP contribution in [-0.2, 0) is 9.59 Å². The number of rotatable bonds is 4. The lowest BCUT2D eigenvalue weighted by atomic mass is 9.83. The van der Waals surface area contributed by atoms with Crippen molar-refractivity contribution in [1.29, 1.82) is 0 Å². The lowest BCUT2D eigenvalue weighted by Crippen LogP contribution is -2.48. The van der Waals surface area contributed by atoms with Crippen LogP contribution in [0.3, 0.4) is 0 Å². The lowest BCUT2D eigenvalue weighted by Gasteiger charge is -2.37. The Labute approximate surface area is 154 Å². The zero-order chi connectivity index (χ0) is 18.5. The molecule has 0 bridgehead atoms. The molecule has 1 saturated carbocycles. The molecule has 5 nitrogen and oxygen atoms in total. The summed E-state index contributed by atoms with van der Waals surface area (Å²) in [4.78, 5) is 26.8. The normalized spacial score (nSPS) is 24.3. The van der Waals surface area contributed by atoms with Crippen molar-refractivity contribution >= 4 is 17.5 Å². The minimum atomic E-state index is -0.322. The Morgan fingerprint density at radius 3 is 2.38 bits per heavy atom. The molecule has 1 aliphatic carbocycles. The second-order valence-corrected chi connectivity index (χ2v) is 7.58. The highest BCUT2D eigenvalue weighted by molar-refractivity contribution is 5.90. The zero-order valence-electron chi connectivity index (χ0n) is 15.1. The van der Waals surface area contributed by atoms with Crippen molar-refractivity contribution < 1.29 is 14.0 Å². The van der Waals surface area contributed by atoms with E-state index in [4.69, 9.17) is 5.73 Å². The molecule has 1 aromatic rings. The molecule has 3 rings (SSSR count). The summed E-state index contributed by atoms with van der Waals surface area (Å²) >= 11 is 0. The highest BCUT2D eigenvalue weighted by Crippen LogP contribution is 2.28. The summed E-state index contributed by atoms with van der Waals surface area (Å²) < 4.78 is 12.9.